The van der Waals surface area contributed by atoms with Crippen LogP contribution < -0.4 is 0 Å². The van der Waals surface area contributed by atoms with Crippen LogP contribution in [0.5, 0.6) is 0 Å². The summed E-state index contributed by atoms with van der Waals surface area (Å²) in [5, 5.41) is 0. The number of Topliss-reactive ketones (excluding diaryl/α,β-unsaturated/α-hetero) is 1. The third-order valence-electron chi connectivity index (χ3n) is 3.66. The molecule has 0 unspecified atom stereocenters. The molecule has 2 heteroatoms. The Bertz CT molecular complexity index is 408. The van der Waals surface area contributed by atoms with E-state index in [2.05, 4.69) is 0 Å². The maximum absolute atomic E-state index is 13.8. The molecule has 0 heterocycles. The number of carbonyl (C=O) groups excluding carboxylic acids is 1. The standard InChI is InChI=1S/C15H19FO/c1-10-7-11(2)15(13(16)8-10)14(17)9-12-5-3-4-6-12/h7-8,12H,3-6,9H2,1-2H3. The number of hydrogen-bond donors (Lipinski definition) is 0. The molecule has 1 aromatic carbocycles. The maximum atomic E-state index is 13.8. The fraction of sp³-hybridized carbons (Fsp3) is 0.533. The van der Waals surface area contributed by atoms with E-state index in [1.165, 1.54) is 18.9 Å². The first kappa shape index (κ1) is 12.3. The molecule has 0 aliphatic heterocycles. The van der Waals surface area contributed by atoms with Gasteiger partial charge in [-0.15, -0.1) is 0 Å². The molecule has 0 spiro atoms. The molecule has 0 amide bonds. The van der Waals surface area contributed by atoms with E-state index in [0.717, 1.165) is 24.0 Å². The van der Waals surface area contributed by atoms with E-state index in [0.29, 0.717) is 17.9 Å². The second-order valence-electron chi connectivity index (χ2n) is 5.22. The molecule has 1 nitrogen and oxygen atoms in total. The minimum Gasteiger partial charge on any atom is -0.294 e. The van der Waals surface area contributed by atoms with E-state index in [1.54, 1.807) is 0 Å². The number of benzene rings is 1. The van der Waals surface area contributed by atoms with Gasteiger partial charge in [0.05, 0.1) is 5.56 Å². The smallest absolute Gasteiger partial charge is 0.166 e. The number of hydrogen-bond acceptors (Lipinski definition) is 1. The lowest BCUT2D eigenvalue weighted by molar-refractivity contribution is 0.0957. The summed E-state index contributed by atoms with van der Waals surface area (Å²) in [6, 6.07) is 3.33. The monoisotopic (exact) mass is 234 g/mol. The molecule has 1 fully saturated rings. The van der Waals surface area contributed by atoms with Crippen LogP contribution in [-0.4, -0.2) is 5.78 Å². The summed E-state index contributed by atoms with van der Waals surface area (Å²) < 4.78 is 13.8. The Morgan fingerprint density at radius 1 is 1.29 bits per heavy atom. The molecule has 17 heavy (non-hydrogen) atoms. The Balaban J connectivity index is 2.18. The average Bonchev–Trinajstić information content (AvgIpc) is 2.68. The lowest BCUT2D eigenvalue weighted by Gasteiger charge is -2.11. The first-order valence-electron chi connectivity index (χ1n) is 6.38. The highest BCUT2D eigenvalue weighted by Gasteiger charge is 2.22. The van der Waals surface area contributed by atoms with E-state index in [9.17, 15) is 9.18 Å². The lowest BCUT2D eigenvalue weighted by atomic mass is 9.93. The number of halogens is 1. The fourth-order valence-electron chi connectivity index (χ4n) is 2.85. The zero-order valence-corrected chi connectivity index (χ0v) is 10.6. The Morgan fingerprint density at radius 3 is 2.53 bits per heavy atom. The predicted molar refractivity (Wildman–Crippen MR) is 66.8 cm³/mol. The van der Waals surface area contributed by atoms with Crippen molar-refractivity contribution in [3.8, 4) is 0 Å². The van der Waals surface area contributed by atoms with Crippen molar-refractivity contribution < 1.29 is 9.18 Å². The normalized spacial score (nSPS) is 16.4. The SMILES string of the molecule is Cc1cc(C)c(C(=O)CC2CCCC2)c(F)c1. The van der Waals surface area contributed by atoms with Gasteiger partial charge in [-0.2, -0.15) is 0 Å². The van der Waals surface area contributed by atoms with Crippen molar-refractivity contribution >= 4 is 5.78 Å². The summed E-state index contributed by atoms with van der Waals surface area (Å²) in [5.74, 6) is 0.0972. The molecule has 0 N–H and O–H groups in total. The van der Waals surface area contributed by atoms with Gasteiger partial charge in [0.15, 0.2) is 5.78 Å². The molecular weight excluding hydrogens is 215 g/mol. The van der Waals surface area contributed by atoms with E-state index in [-0.39, 0.29) is 11.6 Å². The topological polar surface area (TPSA) is 17.1 Å². The van der Waals surface area contributed by atoms with E-state index >= 15 is 0 Å². The van der Waals surface area contributed by atoms with Crippen molar-refractivity contribution in [1.82, 2.24) is 0 Å². The van der Waals surface area contributed by atoms with Gasteiger partial charge in [-0.1, -0.05) is 31.7 Å². The van der Waals surface area contributed by atoms with Crippen LogP contribution in [0, 0.1) is 25.6 Å². The summed E-state index contributed by atoms with van der Waals surface area (Å²) in [6.07, 6.45) is 5.19. The minimum atomic E-state index is -0.356. The Labute approximate surface area is 102 Å². The van der Waals surface area contributed by atoms with Crippen LogP contribution in [0.3, 0.4) is 0 Å². The van der Waals surface area contributed by atoms with E-state index in [4.69, 9.17) is 0 Å². The first-order valence-corrected chi connectivity index (χ1v) is 6.38. The highest BCUT2D eigenvalue weighted by atomic mass is 19.1. The van der Waals surface area contributed by atoms with Gasteiger partial charge < -0.3 is 0 Å². The van der Waals surface area contributed by atoms with Crippen molar-refractivity contribution in [2.24, 2.45) is 5.92 Å². The van der Waals surface area contributed by atoms with Crippen LogP contribution in [-0.2, 0) is 0 Å². The van der Waals surface area contributed by atoms with Crippen LogP contribution in [0.4, 0.5) is 4.39 Å². The zero-order valence-electron chi connectivity index (χ0n) is 10.6. The highest BCUT2D eigenvalue weighted by Crippen LogP contribution is 2.29. The highest BCUT2D eigenvalue weighted by molar-refractivity contribution is 5.97. The Morgan fingerprint density at radius 2 is 1.94 bits per heavy atom. The summed E-state index contributed by atoms with van der Waals surface area (Å²) >= 11 is 0. The van der Waals surface area contributed by atoms with Crippen LogP contribution in [0.15, 0.2) is 12.1 Å². The maximum Gasteiger partial charge on any atom is 0.166 e. The van der Waals surface area contributed by atoms with Crippen molar-refractivity contribution in [3.63, 3.8) is 0 Å². The second kappa shape index (κ2) is 4.99. The average molecular weight is 234 g/mol. The van der Waals surface area contributed by atoms with Crippen molar-refractivity contribution in [2.45, 2.75) is 46.0 Å². The number of carbonyl (C=O) groups is 1. The van der Waals surface area contributed by atoms with Gasteiger partial charge in [0, 0.05) is 6.42 Å². The van der Waals surface area contributed by atoms with Crippen LogP contribution in [0.1, 0.15) is 53.6 Å². The van der Waals surface area contributed by atoms with Gasteiger partial charge in [-0.05, 0) is 37.0 Å². The summed E-state index contributed by atoms with van der Waals surface area (Å²) in [5.41, 5.74) is 1.95. The summed E-state index contributed by atoms with van der Waals surface area (Å²) in [6.45, 7) is 3.67. The van der Waals surface area contributed by atoms with E-state index < -0.39 is 0 Å². The molecule has 0 atom stereocenters. The Kier molecular flexibility index (Phi) is 3.60. The number of rotatable bonds is 3. The second-order valence-corrected chi connectivity index (χ2v) is 5.22. The molecule has 2 rings (SSSR count). The van der Waals surface area contributed by atoms with Crippen molar-refractivity contribution in [3.05, 3.63) is 34.6 Å². The Hall–Kier alpha value is -1.18. The van der Waals surface area contributed by atoms with Gasteiger partial charge >= 0.3 is 0 Å². The first-order chi connectivity index (χ1) is 8.08. The van der Waals surface area contributed by atoms with E-state index in [1.807, 2.05) is 19.9 Å². The van der Waals surface area contributed by atoms with Crippen molar-refractivity contribution in [2.75, 3.05) is 0 Å². The molecule has 0 radical (unpaired) electrons. The molecule has 1 saturated carbocycles. The molecule has 1 aliphatic rings. The molecule has 1 aromatic rings. The van der Waals surface area contributed by atoms with Crippen molar-refractivity contribution in [1.29, 1.82) is 0 Å². The van der Waals surface area contributed by atoms with Crippen LogP contribution in [0.25, 0.3) is 0 Å². The van der Waals surface area contributed by atoms with Gasteiger partial charge in [0.25, 0.3) is 0 Å². The number of aryl methyl sites for hydroxylation is 2. The molecule has 0 saturated heterocycles. The molecule has 92 valence electrons. The van der Waals surface area contributed by atoms with Gasteiger partial charge in [-0.3, -0.25) is 4.79 Å². The summed E-state index contributed by atoms with van der Waals surface area (Å²) in [4.78, 5) is 12.1. The predicted octanol–water partition coefficient (Wildman–Crippen LogP) is 4.21. The molecular formula is C15H19FO. The third-order valence-corrected chi connectivity index (χ3v) is 3.66. The molecule has 0 aromatic heterocycles. The van der Waals surface area contributed by atoms with Gasteiger partial charge in [-0.25, -0.2) is 4.39 Å². The zero-order chi connectivity index (χ0) is 12.4. The lowest BCUT2D eigenvalue weighted by Crippen LogP contribution is -2.10. The molecule has 1 aliphatic carbocycles. The summed E-state index contributed by atoms with van der Waals surface area (Å²) in [7, 11) is 0. The molecule has 0 bridgehead atoms. The quantitative estimate of drug-likeness (QED) is 0.716. The van der Waals surface area contributed by atoms with Gasteiger partial charge in [0.2, 0.25) is 0 Å². The van der Waals surface area contributed by atoms with Crippen LogP contribution >= 0.6 is 0 Å². The third kappa shape index (κ3) is 2.74. The van der Waals surface area contributed by atoms with Gasteiger partial charge in [0.1, 0.15) is 5.82 Å². The fourth-order valence-corrected chi connectivity index (χ4v) is 2.85. The van der Waals surface area contributed by atoms with Crippen LogP contribution in [0.2, 0.25) is 0 Å². The minimum absolute atomic E-state index is 0.0214. The largest absolute Gasteiger partial charge is 0.294 e. The number of ketones is 1.